The number of nitrogens with zero attached hydrogens (tertiary/aromatic N) is 1. The maximum atomic E-state index is 11.6. The van der Waals surface area contributed by atoms with Gasteiger partial charge in [-0.15, -0.1) is 0 Å². The Hall–Kier alpha value is -1.39. The van der Waals surface area contributed by atoms with Crippen LogP contribution in [0, 0.1) is 0 Å². The molecule has 0 bridgehead atoms. The van der Waals surface area contributed by atoms with E-state index in [9.17, 15) is 4.79 Å². The lowest BCUT2D eigenvalue weighted by Crippen LogP contribution is -2.33. The van der Waals surface area contributed by atoms with Crippen molar-refractivity contribution in [2.45, 2.75) is 31.8 Å². The van der Waals surface area contributed by atoms with E-state index in [1.54, 1.807) is 4.90 Å². The number of fused-ring (bicyclic) bond motifs is 1. The van der Waals surface area contributed by atoms with Gasteiger partial charge in [0.25, 0.3) is 0 Å². The molecule has 0 radical (unpaired) electrons. The molecule has 92 valence electrons. The minimum atomic E-state index is -0.150. The molecule has 0 aromatic heterocycles. The summed E-state index contributed by atoms with van der Waals surface area (Å²) in [5.41, 5.74) is 15.0. The second-order valence-corrected chi connectivity index (χ2v) is 4.73. The van der Waals surface area contributed by atoms with Crippen molar-refractivity contribution in [1.29, 1.82) is 0 Å². The summed E-state index contributed by atoms with van der Waals surface area (Å²) in [5, 5.41) is 0. The zero-order valence-electron chi connectivity index (χ0n) is 10.3. The normalized spacial score (nSPS) is 18.8. The molecular formula is C13H19N3O. The number of rotatable bonds is 2. The van der Waals surface area contributed by atoms with Crippen molar-refractivity contribution in [1.82, 2.24) is 0 Å². The number of anilines is 1. The van der Waals surface area contributed by atoms with Gasteiger partial charge in [0.1, 0.15) is 0 Å². The SMILES string of the molecule is CC(N)C(N)c1ccc2c(c1)CCC(=O)N2C. The van der Waals surface area contributed by atoms with Gasteiger partial charge in [0.15, 0.2) is 0 Å². The highest BCUT2D eigenvalue weighted by molar-refractivity contribution is 5.95. The number of hydrogen-bond acceptors (Lipinski definition) is 3. The van der Waals surface area contributed by atoms with Gasteiger partial charge < -0.3 is 16.4 Å². The van der Waals surface area contributed by atoms with E-state index in [4.69, 9.17) is 11.5 Å². The van der Waals surface area contributed by atoms with Crippen LogP contribution in [0.25, 0.3) is 0 Å². The Labute approximate surface area is 102 Å². The highest BCUT2D eigenvalue weighted by Crippen LogP contribution is 2.29. The van der Waals surface area contributed by atoms with E-state index >= 15 is 0 Å². The minimum absolute atomic E-state index is 0.0731. The van der Waals surface area contributed by atoms with Gasteiger partial charge in [-0.2, -0.15) is 0 Å². The number of benzene rings is 1. The number of carbonyl (C=O) groups is 1. The van der Waals surface area contributed by atoms with Crippen LogP contribution in [-0.4, -0.2) is 19.0 Å². The molecule has 1 heterocycles. The van der Waals surface area contributed by atoms with Gasteiger partial charge >= 0.3 is 0 Å². The predicted octanol–water partition coefficient (Wildman–Crippen LogP) is 0.943. The molecule has 0 fully saturated rings. The van der Waals surface area contributed by atoms with Crippen LogP contribution in [0.1, 0.15) is 30.5 Å². The highest BCUT2D eigenvalue weighted by Gasteiger charge is 2.22. The summed E-state index contributed by atoms with van der Waals surface area (Å²) in [6, 6.07) is 5.78. The lowest BCUT2D eigenvalue weighted by molar-refractivity contribution is -0.118. The third kappa shape index (κ3) is 2.18. The molecule has 0 spiro atoms. The first kappa shape index (κ1) is 12.1. The van der Waals surface area contributed by atoms with E-state index in [0.29, 0.717) is 6.42 Å². The molecule has 4 N–H and O–H groups in total. The van der Waals surface area contributed by atoms with E-state index < -0.39 is 0 Å². The van der Waals surface area contributed by atoms with Gasteiger partial charge in [-0.05, 0) is 30.5 Å². The second kappa shape index (κ2) is 4.47. The maximum absolute atomic E-state index is 11.6. The van der Waals surface area contributed by atoms with Crippen molar-refractivity contribution >= 4 is 11.6 Å². The van der Waals surface area contributed by atoms with Crippen LogP contribution in [0.15, 0.2) is 18.2 Å². The fraction of sp³-hybridized carbons (Fsp3) is 0.462. The molecule has 1 amide bonds. The first-order valence-electron chi connectivity index (χ1n) is 5.91. The Morgan fingerprint density at radius 1 is 1.29 bits per heavy atom. The summed E-state index contributed by atoms with van der Waals surface area (Å²) < 4.78 is 0. The van der Waals surface area contributed by atoms with Gasteiger partial charge in [-0.1, -0.05) is 12.1 Å². The number of hydrogen-bond donors (Lipinski definition) is 2. The maximum Gasteiger partial charge on any atom is 0.227 e. The lowest BCUT2D eigenvalue weighted by Gasteiger charge is -2.27. The summed E-state index contributed by atoms with van der Waals surface area (Å²) in [4.78, 5) is 13.3. The van der Waals surface area contributed by atoms with Crippen molar-refractivity contribution in [2.75, 3.05) is 11.9 Å². The highest BCUT2D eigenvalue weighted by atomic mass is 16.2. The third-order valence-corrected chi connectivity index (χ3v) is 3.40. The fourth-order valence-corrected chi connectivity index (χ4v) is 2.19. The molecule has 4 heteroatoms. The Morgan fingerprint density at radius 2 is 2.00 bits per heavy atom. The molecule has 2 atom stereocenters. The summed E-state index contributed by atoms with van der Waals surface area (Å²) in [6.45, 7) is 1.90. The van der Waals surface area contributed by atoms with Crippen molar-refractivity contribution in [3.05, 3.63) is 29.3 Å². The van der Waals surface area contributed by atoms with Crippen LogP contribution in [0.3, 0.4) is 0 Å². The molecule has 0 saturated carbocycles. The molecule has 1 aliphatic heterocycles. The van der Waals surface area contributed by atoms with Crippen molar-refractivity contribution in [3.63, 3.8) is 0 Å². The summed E-state index contributed by atoms with van der Waals surface area (Å²) in [7, 11) is 1.81. The number of amides is 1. The van der Waals surface area contributed by atoms with E-state index in [1.807, 2.05) is 26.1 Å². The van der Waals surface area contributed by atoms with Crippen LogP contribution < -0.4 is 16.4 Å². The van der Waals surface area contributed by atoms with Gasteiger partial charge in [0.05, 0.1) is 0 Å². The molecule has 2 rings (SSSR count). The predicted molar refractivity (Wildman–Crippen MR) is 68.8 cm³/mol. The number of nitrogens with two attached hydrogens (primary N) is 2. The molecule has 0 saturated heterocycles. The average molecular weight is 233 g/mol. The largest absolute Gasteiger partial charge is 0.326 e. The van der Waals surface area contributed by atoms with Crippen LogP contribution in [0.4, 0.5) is 5.69 Å². The topological polar surface area (TPSA) is 72.3 Å². The van der Waals surface area contributed by atoms with Crippen molar-refractivity contribution < 1.29 is 4.79 Å². The van der Waals surface area contributed by atoms with Gasteiger partial charge in [0, 0.05) is 31.2 Å². The fourth-order valence-electron chi connectivity index (χ4n) is 2.19. The molecule has 17 heavy (non-hydrogen) atoms. The Bertz CT molecular complexity index is 442. The van der Waals surface area contributed by atoms with E-state index in [-0.39, 0.29) is 18.0 Å². The average Bonchev–Trinajstić information content (AvgIpc) is 2.32. The quantitative estimate of drug-likeness (QED) is 0.798. The first-order chi connectivity index (χ1) is 8.00. The lowest BCUT2D eigenvalue weighted by atomic mass is 9.94. The molecule has 1 aliphatic rings. The zero-order valence-corrected chi connectivity index (χ0v) is 10.3. The molecule has 1 aromatic carbocycles. The van der Waals surface area contributed by atoms with Gasteiger partial charge in [-0.3, -0.25) is 4.79 Å². The number of aryl methyl sites for hydroxylation is 1. The summed E-state index contributed by atoms with van der Waals surface area (Å²) in [6.07, 6.45) is 1.36. The standard InChI is InChI=1S/C13H19N3O/c1-8(14)13(15)10-3-5-11-9(7-10)4-6-12(17)16(11)2/h3,5,7-8,13H,4,6,14-15H2,1-2H3. The molecule has 0 aliphatic carbocycles. The minimum Gasteiger partial charge on any atom is -0.326 e. The second-order valence-electron chi connectivity index (χ2n) is 4.73. The molecular weight excluding hydrogens is 214 g/mol. The Balaban J connectivity index is 2.35. The van der Waals surface area contributed by atoms with Gasteiger partial charge in [0.2, 0.25) is 5.91 Å². The van der Waals surface area contributed by atoms with Gasteiger partial charge in [-0.25, -0.2) is 0 Å². The smallest absolute Gasteiger partial charge is 0.227 e. The van der Waals surface area contributed by atoms with E-state index in [0.717, 1.165) is 17.7 Å². The summed E-state index contributed by atoms with van der Waals surface area (Å²) >= 11 is 0. The third-order valence-electron chi connectivity index (χ3n) is 3.40. The van der Waals surface area contributed by atoms with Crippen LogP contribution in [-0.2, 0) is 11.2 Å². The number of carbonyl (C=O) groups excluding carboxylic acids is 1. The molecule has 4 nitrogen and oxygen atoms in total. The monoisotopic (exact) mass is 233 g/mol. The summed E-state index contributed by atoms with van der Waals surface area (Å²) in [5.74, 6) is 0.168. The Morgan fingerprint density at radius 3 is 2.65 bits per heavy atom. The zero-order chi connectivity index (χ0) is 12.6. The first-order valence-corrected chi connectivity index (χ1v) is 5.91. The van der Waals surface area contributed by atoms with Crippen LogP contribution >= 0.6 is 0 Å². The van der Waals surface area contributed by atoms with E-state index in [2.05, 4.69) is 6.07 Å². The van der Waals surface area contributed by atoms with Crippen LogP contribution in [0.2, 0.25) is 0 Å². The van der Waals surface area contributed by atoms with E-state index in [1.165, 1.54) is 5.56 Å². The molecule has 1 aromatic rings. The van der Waals surface area contributed by atoms with Crippen molar-refractivity contribution in [3.8, 4) is 0 Å². The Kier molecular flexibility index (Phi) is 3.17. The van der Waals surface area contributed by atoms with Crippen LogP contribution in [0.5, 0.6) is 0 Å². The molecule has 2 unspecified atom stereocenters. The van der Waals surface area contributed by atoms with Crippen molar-refractivity contribution in [2.24, 2.45) is 11.5 Å².